The highest BCUT2D eigenvalue weighted by atomic mass is 79.9. The summed E-state index contributed by atoms with van der Waals surface area (Å²) >= 11 is 4.66. The van der Waals surface area contributed by atoms with Crippen molar-refractivity contribution in [2.24, 2.45) is 0 Å². The molecule has 0 amide bonds. The van der Waals surface area contributed by atoms with Gasteiger partial charge in [0.25, 0.3) is 0 Å². The van der Waals surface area contributed by atoms with Crippen molar-refractivity contribution in [1.29, 1.82) is 0 Å². The molecule has 4 heteroatoms. The molecule has 2 rings (SSSR count). The molecule has 16 heavy (non-hydrogen) atoms. The average Bonchev–Trinajstić information content (AvgIpc) is 2.68. The van der Waals surface area contributed by atoms with Crippen LogP contribution in [-0.2, 0) is 0 Å². The molecule has 0 bridgehead atoms. The lowest BCUT2D eigenvalue weighted by Crippen LogP contribution is -2.03. The Morgan fingerprint density at radius 1 is 1.31 bits per heavy atom. The summed E-state index contributed by atoms with van der Waals surface area (Å²) in [4.78, 5) is 1.01. The Labute approximate surface area is 106 Å². The fourth-order valence-corrected chi connectivity index (χ4v) is 2.69. The Kier molecular flexibility index (Phi) is 3.42. The first kappa shape index (κ1) is 11.8. The molecule has 0 aliphatic rings. The number of benzene rings is 1. The van der Waals surface area contributed by atoms with Crippen molar-refractivity contribution >= 4 is 27.3 Å². The standard InChI is InChI=1S/C12H10BrFOS/c1-7-8(5-6-16-7)12(15)9-3-2-4-10(13)11(9)14/h2-6,12,15H,1H3. The van der Waals surface area contributed by atoms with Gasteiger partial charge in [-0.15, -0.1) is 11.3 Å². The van der Waals surface area contributed by atoms with Crippen LogP contribution in [0.3, 0.4) is 0 Å². The van der Waals surface area contributed by atoms with E-state index in [-0.39, 0.29) is 0 Å². The third-order valence-electron chi connectivity index (χ3n) is 2.47. The monoisotopic (exact) mass is 300 g/mol. The maximum atomic E-state index is 13.8. The zero-order valence-corrected chi connectivity index (χ0v) is 11.0. The highest BCUT2D eigenvalue weighted by Crippen LogP contribution is 2.31. The van der Waals surface area contributed by atoms with Crippen LogP contribution in [-0.4, -0.2) is 5.11 Å². The number of hydrogen-bond donors (Lipinski definition) is 1. The molecule has 84 valence electrons. The summed E-state index contributed by atoms with van der Waals surface area (Å²) < 4.78 is 14.1. The summed E-state index contributed by atoms with van der Waals surface area (Å²) in [6.07, 6.45) is -0.899. The number of aryl methyl sites for hydroxylation is 1. The minimum atomic E-state index is -0.899. The van der Waals surface area contributed by atoms with E-state index in [4.69, 9.17) is 0 Å². The smallest absolute Gasteiger partial charge is 0.143 e. The molecule has 0 aliphatic carbocycles. The Bertz CT molecular complexity index is 509. The second kappa shape index (κ2) is 4.65. The van der Waals surface area contributed by atoms with Crippen LogP contribution >= 0.6 is 27.3 Å². The molecular weight excluding hydrogens is 291 g/mol. The first-order chi connectivity index (χ1) is 7.61. The van der Waals surface area contributed by atoms with E-state index in [0.29, 0.717) is 10.0 Å². The second-order valence-corrected chi connectivity index (χ2v) is 5.45. The van der Waals surface area contributed by atoms with Gasteiger partial charge in [-0.2, -0.15) is 0 Å². The van der Waals surface area contributed by atoms with Crippen LogP contribution in [0.25, 0.3) is 0 Å². The van der Waals surface area contributed by atoms with E-state index in [1.807, 2.05) is 18.4 Å². The van der Waals surface area contributed by atoms with E-state index in [1.54, 1.807) is 29.5 Å². The van der Waals surface area contributed by atoms with Gasteiger partial charge in [-0.3, -0.25) is 0 Å². The highest BCUT2D eigenvalue weighted by Gasteiger charge is 2.18. The SMILES string of the molecule is Cc1sccc1C(O)c1cccc(Br)c1F. The Balaban J connectivity index is 2.46. The summed E-state index contributed by atoms with van der Waals surface area (Å²) in [5.74, 6) is -0.402. The molecule has 2 aromatic rings. The van der Waals surface area contributed by atoms with Crippen LogP contribution in [0.5, 0.6) is 0 Å². The number of aliphatic hydroxyl groups excluding tert-OH is 1. The first-order valence-electron chi connectivity index (χ1n) is 4.77. The van der Waals surface area contributed by atoms with Crippen LogP contribution in [0.4, 0.5) is 4.39 Å². The molecule has 0 aliphatic heterocycles. The lowest BCUT2D eigenvalue weighted by molar-refractivity contribution is 0.214. The van der Waals surface area contributed by atoms with Gasteiger partial charge in [-0.05, 0) is 45.9 Å². The van der Waals surface area contributed by atoms with E-state index < -0.39 is 11.9 Å². The van der Waals surface area contributed by atoms with Crippen molar-refractivity contribution in [2.75, 3.05) is 0 Å². The summed E-state index contributed by atoms with van der Waals surface area (Å²) in [7, 11) is 0. The quantitative estimate of drug-likeness (QED) is 0.887. The molecule has 0 saturated heterocycles. The number of thiophene rings is 1. The zero-order valence-electron chi connectivity index (χ0n) is 8.58. The molecule has 1 heterocycles. The molecule has 1 N–H and O–H groups in total. The van der Waals surface area contributed by atoms with Gasteiger partial charge in [0, 0.05) is 10.4 Å². The molecule has 1 atom stereocenters. The van der Waals surface area contributed by atoms with Crippen LogP contribution in [0.1, 0.15) is 22.1 Å². The van der Waals surface area contributed by atoms with Gasteiger partial charge in [0.05, 0.1) is 4.47 Å². The van der Waals surface area contributed by atoms with Crippen LogP contribution in [0.15, 0.2) is 34.1 Å². The van der Waals surface area contributed by atoms with E-state index in [2.05, 4.69) is 15.9 Å². The summed E-state index contributed by atoms with van der Waals surface area (Å²) in [6.45, 7) is 1.92. The van der Waals surface area contributed by atoms with Gasteiger partial charge >= 0.3 is 0 Å². The van der Waals surface area contributed by atoms with E-state index in [9.17, 15) is 9.50 Å². The lowest BCUT2D eigenvalue weighted by atomic mass is 10.0. The Morgan fingerprint density at radius 2 is 2.06 bits per heavy atom. The van der Waals surface area contributed by atoms with E-state index in [1.165, 1.54) is 0 Å². The maximum Gasteiger partial charge on any atom is 0.143 e. The maximum absolute atomic E-state index is 13.8. The molecule has 0 fully saturated rings. The zero-order chi connectivity index (χ0) is 11.7. The molecule has 0 spiro atoms. The molecule has 0 saturated carbocycles. The summed E-state index contributed by atoms with van der Waals surface area (Å²) in [6, 6.07) is 6.76. The van der Waals surface area contributed by atoms with Gasteiger partial charge < -0.3 is 5.11 Å². The van der Waals surface area contributed by atoms with Crippen molar-refractivity contribution < 1.29 is 9.50 Å². The molecule has 1 aromatic carbocycles. The summed E-state index contributed by atoms with van der Waals surface area (Å²) in [5.41, 5.74) is 1.07. The van der Waals surface area contributed by atoms with E-state index >= 15 is 0 Å². The third-order valence-corrected chi connectivity index (χ3v) is 3.94. The summed E-state index contributed by atoms with van der Waals surface area (Å²) in [5, 5.41) is 12.0. The predicted molar refractivity (Wildman–Crippen MR) is 67.2 cm³/mol. The molecule has 1 unspecified atom stereocenters. The molecule has 1 nitrogen and oxygen atoms in total. The molecule has 1 aromatic heterocycles. The predicted octanol–water partition coefficient (Wildman–Crippen LogP) is 4.04. The van der Waals surface area contributed by atoms with Crippen molar-refractivity contribution in [3.8, 4) is 0 Å². The fraction of sp³-hybridized carbons (Fsp3) is 0.167. The largest absolute Gasteiger partial charge is 0.384 e. The first-order valence-corrected chi connectivity index (χ1v) is 6.44. The van der Waals surface area contributed by atoms with Gasteiger partial charge in [0.2, 0.25) is 0 Å². The van der Waals surface area contributed by atoms with Crippen molar-refractivity contribution in [3.63, 3.8) is 0 Å². The Hall–Kier alpha value is -0.710. The fourth-order valence-electron chi connectivity index (χ4n) is 1.58. The minimum Gasteiger partial charge on any atom is -0.384 e. The van der Waals surface area contributed by atoms with Gasteiger partial charge in [0.15, 0.2) is 0 Å². The van der Waals surface area contributed by atoms with Gasteiger partial charge in [-0.25, -0.2) is 4.39 Å². The number of hydrogen-bond acceptors (Lipinski definition) is 2. The Morgan fingerprint density at radius 3 is 2.69 bits per heavy atom. The number of rotatable bonds is 2. The minimum absolute atomic E-state index is 0.302. The second-order valence-electron chi connectivity index (χ2n) is 3.48. The van der Waals surface area contributed by atoms with Crippen LogP contribution < -0.4 is 0 Å². The van der Waals surface area contributed by atoms with Crippen molar-refractivity contribution in [1.82, 2.24) is 0 Å². The van der Waals surface area contributed by atoms with Gasteiger partial charge in [-0.1, -0.05) is 12.1 Å². The highest BCUT2D eigenvalue weighted by molar-refractivity contribution is 9.10. The van der Waals surface area contributed by atoms with Crippen LogP contribution in [0.2, 0.25) is 0 Å². The normalized spacial score (nSPS) is 12.8. The average molecular weight is 301 g/mol. The van der Waals surface area contributed by atoms with Crippen molar-refractivity contribution in [3.05, 3.63) is 55.9 Å². The van der Waals surface area contributed by atoms with Gasteiger partial charge in [0.1, 0.15) is 11.9 Å². The third kappa shape index (κ3) is 2.05. The van der Waals surface area contributed by atoms with Crippen molar-refractivity contribution in [2.45, 2.75) is 13.0 Å². The number of aliphatic hydroxyl groups is 1. The number of halogens is 2. The molecule has 0 radical (unpaired) electrons. The van der Waals surface area contributed by atoms with E-state index in [0.717, 1.165) is 10.4 Å². The lowest BCUT2D eigenvalue weighted by Gasteiger charge is -2.12. The molecular formula is C12H10BrFOS. The van der Waals surface area contributed by atoms with Crippen LogP contribution in [0, 0.1) is 12.7 Å². The topological polar surface area (TPSA) is 20.2 Å².